The van der Waals surface area contributed by atoms with E-state index in [4.69, 9.17) is 9.15 Å². The van der Waals surface area contributed by atoms with Crippen molar-refractivity contribution in [3.05, 3.63) is 46.5 Å². The maximum absolute atomic E-state index is 11.7. The number of aromatic nitrogens is 3. The van der Waals surface area contributed by atoms with Crippen LogP contribution in [0.1, 0.15) is 44.9 Å². The summed E-state index contributed by atoms with van der Waals surface area (Å²) in [5.41, 5.74) is 0.0110. The lowest BCUT2D eigenvalue weighted by Crippen LogP contribution is -2.30. The van der Waals surface area contributed by atoms with E-state index in [1.165, 1.54) is 0 Å². The quantitative estimate of drug-likeness (QED) is 0.866. The summed E-state index contributed by atoms with van der Waals surface area (Å²) in [6.07, 6.45) is 3.31. The van der Waals surface area contributed by atoms with E-state index in [9.17, 15) is 4.79 Å². The third kappa shape index (κ3) is 3.52. The number of rotatable bonds is 4. The van der Waals surface area contributed by atoms with Crippen molar-refractivity contribution in [1.82, 2.24) is 14.8 Å². The molecule has 0 aliphatic carbocycles. The van der Waals surface area contributed by atoms with Gasteiger partial charge >= 0.3 is 0 Å². The fraction of sp³-hybridized carbons (Fsp3) is 0.588. The highest BCUT2D eigenvalue weighted by Crippen LogP contribution is 2.40. The van der Waals surface area contributed by atoms with Crippen LogP contribution in [0.25, 0.3) is 0 Å². The lowest BCUT2D eigenvalue weighted by atomic mass is 9.81. The summed E-state index contributed by atoms with van der Waals surface area (Å²) in [4.78, 5) is 11.7. The lowest BCUT2D eigenvalue weighted by molar-refractivity contribution is 0.0170. The zero-order chi connectivity index (χ0) is 16.4. The third-order valence-electron chi connectivity index (χ3n) is 4.21. The van der Waals surface area contributed by atoms with Crippen LogP contribution in [0, 0.1) is 5.41 Å². The molecule has 0 amide bonds. The summed E-state index contributed by atoms with van der Waals surface area (Å²) < 4.78 is 13.3. The molecule has 0 N–H and O–H groups in total. The molecule has 0 bridgehead atoms. The maximum Gasteiger partial charge on any atom is 0.250 e. The topological polar surface area (TPSA) is 70.2 Å². The van der Waals surface area contributed by atoms with Crippen LogP contribution < -0.4 is 5.56 Å². The molecule has 1 aliphatic rings. The molecule has 6 heteroatoms. The minimum Gasteiger partial charge on any atom is -0.425 e. The van der Waals surface area contributed by atoms with Gasteiger partial charge in [0.25, 0.3) is 5.56 Å². The summed E-state index contributed by atoms with van der Waals surface area (Å²) in [6.45, 7) is 7.74. The van der Waals surface area contributed by atoms with Crippen LogP contribution in [0.3, 0.4) is 0 Å². The first-order valence-corrected chi connectivity index (χ1v) is 8.04. The second kappa shape index (κ2) is 6.28. The molecule has 2 atom stereocenters. The van der Waals surface area contributed by atoms with Crippen molar-refractivity contribution in [2.75, 3.05) is 6.61 Å². The van der Waals surface area contributed by atoms with Crippen LogP contribution in [0.2, 0.25) is 0 Å². The first-order valence-electron chi connectivity index (χ1n) is 8.04. The molecule has 1 saturated heterocycles. The fourth-order valence-corrected chi connectivity index (χ4v) is 3.07. The Bertz CT molecular complexity index is 714. The molecule has 3 rings (SSSR count). The minimum absolute atomic E-state index is 0.0239. The SMILES string of the molecule is CC(C)(C)[C@H]1OCC[C@@H]1c1nnc(CCn2ccccc2=O)o1. The number of hydrogen-bond acceptors (Lipinski definition) is 5. The Morgan fingerprint density at radius 2 is 2.13 bits per heavy atom. The summed E-state index contributed by atoms with van der Waals surface area (Å²) in [6, 6.07) is 5.11. The summed E-state index contributed by atoms with van der Waals surface area (Å²) >= 11 is 0. The molecule has 23 heavy (non-hydrogen) atoms. The minimum atomic E-state index is -0.0239. The monoisotopic (exact) mass is 317 g/mol. The molecular formula is C17H23N3O3. The molecule has 2 aromatic heterocycles. The Morgan fingerprint density at radius 1 is 1.30 bits per heavy atom. The molecule has 0 spiro atoms. The van der Waals surface area contributed by atoms with Crippen LogP contribution in [0.4, 0.5) is 0 Å². The first-order chi connectivity index (χ1) is 10.9. The van der Waals surface area contributed by atoms with Gasteiger partial charge < -0.3 is 13.7 Å². The van der Waals surface area contributed by atoms with Crippen molar-refractivity contribution in [3.8, 4) is 0 Å². The van der Waals surface area contributed by atoms with E-state index < -0.39 is 0 Å². The van der Waals surface area contributed by atoms with Crippen LogP contribution in [-0.4, -0.2) is 27.5 Å². The third-order valence-corrected chi connectivity index (χ3v) is 4.21. The highest BCUT2D eigenvalue weighted by molar-refractivity contribution is 5.02. The van der Waals surface area contributed by atoms with Gasteiger partial charge in [0.2, 0.25) is 11.8 Å². The Hall–Kier alpha value is -1.95. The molecule has 124 valence electrons. The van der Waals surface area contributed by atoms with E-state index in [1.807, 2.05) is 6.07 Å². The molecule has 2 aromatic rings. The van der Waals surface area contributed by atoms with E-state index in [-0.39, 0.29) is 23.0 Å². The molecule has 0 radical (unpaired) electrons. The number of ether oxygens (including phenoxy) is 1. The predicted molar refractivity (Wildman–Crippen MR) is 85.3 cm³/mol. The molecule has 0 aromatic carbocycles. The predicted octanol–water partition coefficient (Wildman–Crippen LogP) is 2.39. The van der Waals surface area contributed by atoms with Gasteiger partial charge in [-0.3, -0.25) is 4.79 Å². The smallest absolute Gasteiger partial charge is 0.250 e. The largest absolute Gasteiger partial charge is 0.425 e. The summed E-state index contributed by atoms with van der Waals surface area (Å²) in [7, 11) is 0. The number of pyridine rings is 1. The molecule has 1 fully saturated rings. The van der Waals surface area contributed by atoms with Gasteiger partial charge in [-0.15, -0.1) is 10.2 Å². The number of nitrogens with zero attached hydrogens (tertiary/aromatic N) is 3. The second-order valence-electron chi connectivity index (χ2n) is 7.07. The van der Waals surface area contributed by atoms with Crippen molar-refractivity contribution in [2.45, 2.75) is 52.2 Å². The molecule has 1 aliphatic heterocycles. The normalized spacial score (nSPS) is 21.7. The van der Waals surface area contributed by atoms with E-state index in [0.29, 0.717) is 24.7 Å². The van der Waals surface area contributed by atoms with Crippen molar-refractivity contribution < 1.29 is 9.15 Å². The van der Waals surface area contributed by atoms with E-state index in [1.54, 1.807) is 22.9 Å². The molecule has 6 nitrogen and oxygen atoms in total. The van der Waals surface area contributed by atoms with E-state index in [2.05, 4.69) is 31.0 Å². The lowest BCUT2D eigenvalue weighted by Gasteiger charge is -2.29. The fourth-order valence-electron chi connectivity index (χ4n) is 3.07. The van der Waals surface area contributed by atoms with Crippen molar-refractivity contribution >= 4 is 0 Å². The van der Waals surface area contributed by atoms with Crippen LogP contribution in [-0.2, 0) is 17.7 Å². The van der Waals surface area contributed by atoms with Crippen LogP contribution in [0.15, 0.2) is 33.6 Å². The standard InChI is InChI=1S/C17H23N3O3/c1-17(2,3)15-12(8-11-22-15)16-19-18-13(23-16)7-10-20-9-5-4-6-14(20)21/h4-6,9,12,15H,7-8,10-11H2,1-3H3/t12-,15-/m0/s1. The Labute approximate surface area is 135 Å². The Morgan fingerprint density at radius 3 is 2.87 bits per heavy atom. The number of aryl methyl sites for hydroxylation is 2. The first kappa shape index (κ1) is 15.9. The average molecular weight is 317 g/mol. The van der Waals surface area contributed by atoms with Gasteiger partial charge in [0.1, 0.15) is 0 Å². The van der Waals surface area contributed by atoms with E-state index in [0.717, 1.165) is 13.0 Å². The van der Waals surface area contributed by atoms with Crippen molar-refractivity contribution in [3.63, 3.8) is 0 Å². The van der Waals surface area contributed by atoms with Gasteiger partial charge in [0, 0.05) is 31.8 Å². The van der Waals surface area contributed by atoms with Gasteiger partial charge in [-0.2, -0.15) is 0 Å². The van der Waals surface area contributed by atoms with Gasteiger partial charge in [0.05, 0.1) is 12.0 Å². The maximum atomic E-state index is 11.7. The Balaban J connectivity index is 1.69. The summed E-state index contributed by atoms with van der Waals surface area (Å²) in [5, 5.41) is 8.35. The average Bonchev–Trinajstić information content (AvgIpc) is 3.14. The highest BCUT2D eigenvalue weighted by Gasteiger charge is 2.40. The van der Waals surface area contributed by atoms with E-state index >= 15 is 0 Å². The van der Waals surface area contributed by atoms with Gasteiger partial charge in [-0.1, -0.05) is 26.8 Å². The number of hydrogen-bond donors (Lipinski definition) is 0. The summed E-state index contributed by atoms with van der Waals surface area (Å²) in [5.74, 6) is 1.36. The second-order valence-corrected chi connectivity index (χ2v) is 7.07. The Kier molecular flexibility index (Phi) is 4.35. The zero-order valence-electron chi connectivity index (χ0n) is 13.9. The van der Waals surface area contributed by atoms with Crippen LogP contribution >= 0.6 is 0 Å². The van der Waals surface area contributed by atoms with Crippen molar-refractivity contribution in [1.29, 1.82) is 0 Å². The molecular weight excluding hydrogens is 294 g/mol. The van der Waals surface area contributed by atoms with Gasteiger partial charge in [-0.05, 0) is 17.9 Å². The van der Waals surface area contributed by atoms with Gasteiger partial charge in [0.15, 0.2) is 0 Å². The molecule has 0 unspecified atom stereocenters. The molecule has 0 saturated carbocycles. The van der Waals surface area contributed by atoms with Crippen molar-refractivity contribution in [2.24, 2.45) is 5.41 Å². The van der Waals surface area contributed by atoms with Gasteiger partial charge in [-0.25, -0.2) is 0 Å². The van der Waals surface area contributed by atoms with Crippen LogP contribution in [0.5, 0.6) is 0 Å². The molecule has 3 heterocycles. The highest BCUT2D eigenvalue weighted by atomic mass is 16.5. The zero-order valence-corrected chi connectivity index (χ0v) is 13.9.